The molecule has 0 unspecified atom stereocenters. The second-order valence-electron chi connectivity index (χ2n) is 5.40. The van der Waals surface area contributed by atoms with E-state index in [9.17, 15) is 0 Å². The average Bonchev–Trinajstić information content (AvgIpc) is 2.36. The summed E-state index contributed by atoms with van der Waals surface area (Å²) in [4.78, 5) is 4.97. The lowest BCUT2D eigenvalue weighted by Crippen LogP contribution is -2.57. The van der Waals surface area contributed by atoms with Gasteiger partial charge in [-0.3, -0.25) is 4.90 Å². The minimum atomic E-state index is 0.176. The van der Waals surface area contributed by atoms with Crippen molar-refractivity contribution in [2.75, 3.05) is 39.8 Å². The molecule has 0 atom stereocenters. The van der Waals surface area contributed by atoms with Crippen LogP contribution in [0.4, 0.5) is 0 Å². The minimum Gasteiger partial charge on any atom is -0.372 e. The Bertz CT molecular complexity index is 210. The third-order valence-corrected chi connectivity index (χ3v) is 3.91. The zero-order valence-electron chi connectivity index (χ0n) is 12.3. The first-order valence-electron chi connectivity index (χ1n) is 7.18. The fraction of sp³-hybridized carbons (Fsp3) is 1.00. The number of ether oxygens (including phenoxy) is 1. The smallest absolute Gasteiger partial charge is 0.0833 e. The van der Waals surface area contributed by atoms with Gasteiger partial charge in [0.1, 0.15) is 0 Å². The zero-order valence-corrected chi connectivity index (χ0v) is 12.3. The number of rotatable bonds is 1. The van der Waals surface area contributed by atoms with Gasteiger partial charge in [-0.05, 0) is 33.7 Å². The van der Waals surface area contributed by atoms with Crippen molar-refractivity contribution in [2.24, 2.45) is 0 Å². The van der Waals surface area contributed by atoms with Crippen LogP contribution in [-0.4, -0.2) is 61.3 Å². The first kappa shape index (κ1) is 14.9. The number of hydrogen-bond donors (Lipinski definition) is 0. The Kier molecular flexibility index (Phi) is 5.90. The molecular formula is C14H30N2O. The first-order chi connectivity index (χ1) is 8.11. The second-order valence-corrected chi connectivity index (χ2v) is 5.40. The van der Waals surface area contributed by atoms with E-state index in [1.807, 2.05) is 13.8 Å². The molecule has 0 saturated carbocycles. The van der Waals surface area contributed by atoms with E-state index in [1.54, 1.807) is 0 Å². The van der Waals surface area contributed by atoms with E-state index in [1.165, 1.54) is 25.9 Å². The third kappa shape index (κ3) is 3.94. The molecule has 2 saturated heterocycles. The van der Waals surface area contributed by atoms with Gasteiger partial charge in [-0.15, -0.1) is 0 Å². The Morgan fingerprint density at radius 2 is 1.65 bits per heavy atom. The molecule has 0 N–H and O–H groups in total. The van der Waals surface area contributed by atoms with Crippen molar-refractivity contribution in [2.45, 2.75) is 52.2 Å². The third-order valence-electron chi connectivity index (χ3n) is 3.91. The first-order valence-corrected chi connectivity index (χ1v) is 7.18. The summed E-state index contributed by atoms with van der Waals surface area (Å²) in [6.45, 7) is 14.1. The standard InChI is InChI=1S/C12H24N2O.C2H6/c1-11(2)14-8-9-15-12(10-14)4-6-13(3)7-5-12;1-2/h11H,4-10H2,1-3H3;1-2H3. The van der Waals surface area contributed by atoms with Crippen molar-refractivity contribution >= 4 is 0 Å². The Balaban J connectivity index is 0.000000686. The molecule has 0 aromatic rings. The highest BCUT2D eigenvalue weighted by molar-refractivity contribution is 4.92. The van der Waals surface area contributed by atoms with E-state index in [0.717, 1.165) is 19.7 Å². The summed E-state index contributed by atoms with van der Waals surface area (Å²) in [6, 6.07) is 0.658. The highest BCUT2D eigenvalue weighted by Crippen LogP contribution is 2.30. The number of nitrogens with zero attached hydrogens (tertiary/aromatic N) is 2. The van der Waals surface area contributed by atoms with Crippen LogP contribution in [0.1, 0.15) is 40.5 Å². The van der Waals surface area contributed by atoms with E-state index in [0.29, 0.717) is 6.04 Å². The van der Waals surface area contributed by atoms with Crippen LogP contribution in [0, 0.1) is 0 Å². The predicted molar refractivity (Wildman–Crippen MR) is 73.5 cm³/mol. The van der Waals surface area contributed by atoms with Gasteiger partial charge >= 0.3 is 0 Å². The summed E-state index contributed by atoms with van der Waals surface area (Å²) >= 11 is 0. The lowest BCUT2D eigenvalue weighted by Gasteiger charge is -2.47. The van der Waals surface area contributed by atoms with Gasteiger partial charge in [0, 0.05) is 32.2 Å². The molecule has 2 aliphatic rings. The van der Waals surface area contributed by atoms with Crippen molar-refractivity contribution in [1.82, 2.24) is 9.80 Å². The van der Waals surface area contributed by atoms with Crippen molar-refractivity contribution in [1.29, 1.82) is 0 Å². The summed E-state index contributed by atoms with van der Waals surface area (Å²) < 4.78 is 6.07. The lowest BCUT2D eigenvalue weighted by molar-refractivity contribution is -0.139. The van der Waals surface area contributed by atoms with Crippen molar-refractivity contribution < 1.29 is 4.74 Å². The molecule has 0 aromatic heterocycles. The van der Waals surface area contributed by atoms with Crippen LogP contribution in [0.3, 0.4) is 0 Å². The van der Waals surface area contributed by atoms with E-state index in [4.69, 9.17) is 4.74 Å². The molecule has 17 heavy (non-hydrogen) atoms. The largest absolute Gasteiger partial charge is 0.372 e. The van der Waals surface area contributed by atoms with Crippen LogP contribution in [0.25, 0.3) is 0 Å². The Hall–Kier alpha value is -0.120. The summed E-state index contributed by atoms with van der Waals surface area (Å²) in [5.74, 6) is 0. The maximum Gasteiger partial charge on any atom is 0.0833 e. The fourth-order valence-corrected chi connectivity index (χ4v) is 2.64. The SMILES string of the molecule is CC.CC(C)N1CCOC2(CCN(C)CC2)C1. The van der Waals surface area contributed by atoms with Crippen molar-refractivity contribution in [3.8, 4) is 0 Å². The molecule has 3 nitrogen and oxygen atoms in total. The molecule has 0 radical (unpaired) electrons. The maximum absolute atomic E-state index is 6.07. The Morgan fingerprint density at radius 3 is 2.18 bits per heavy atom. The molecule has 2 fully saturated rings. The van der Waals surface area contributed by atoms with E-state index in [2.05, 4.69) is 30.7 Å². The molecule has 2 rings (SSSR count). The van der Waals surface area contributed by atoms with Crippen LogP contribution >= 0.6 is 0 Å². The highest BCUT2D eigenvalue weighted by atomic mass is 16.5. The molecule has 2 aliphatic heterocycles. The second kappa shape index (κ2) is 6.72. The summed E-state index contributed by atoms with van der Waals surface area (Å²) in [6.07, 6.45) is 2.40. The molecule has 2 heterocycles. The number of hydrogen-bond acceptors (Lipinski definition) is 3. The zero-order chi connectivity index (χ0) is 12.9. The molecule has 0 aliphatic carbocycles. The lowest BCUT2D eigenvalue weighted by atomic mass is 9.89. The van der Waals surface area contributed by atoms with Gasteiger partial charge in [-0.25, -0.2) is 0 Å². The maximum atomic E-state index is 6.07. The van der Waals surface area contributed by atoms with Gasteiger partial charge < -0.3 is 9.64 Å². The van der Waals surface area contributed by atoms with Gasteiger partial charge in [0.2, 0.25) is 0 Å². The van der Waals surface area contributed by atoms with Crippen LogP contribution in [-0.2, 0) is 4.74 Å². The predicted octanol–water partition coefficient (Wildman–Crippen LogP) is 2.22. The number of morpholine rings is 1. The van der Waals surface area contributed by atoms with Gasteiger partial charge in [0.15, 0.2) is 0 Å². The van der Waals surface area contributed by atoms with E-state index < -0.39 is 0 Å². The average molecular weight is 242 g/mol. The number of likely N-dealkylation sites (tertiary alicyclic amines) is 1. The number of piperidine rings is 1. The van der Waals surface area contributed by atoms with Crippen LogP contribution in [0.5, 0.6) is 0 Å². The van der Waals surface area contributed by atoms with Crippen LogP contribution in [0.15, 0.2) is 0 Å². The van der Waals surface area contributed by atoms with Gasteiger partial charge in [-0.1, -0.05) is 13.8 Å². The van der Waals surface area contributed by atoms with E-state index >= 15 is 0 Å². The molecule has 3 heteroatoms. The normalized spacial score (nSPS) is 25.8. The Morgan fingerprint density at radius 1 is 1.06 bits per heavy atom. The monoisotopic (exact) mass is 242 g/mol. The molecule has 0 bridgehead atoms. The van der Waals surface area contributed by atoms with Crippen molar-refractivity contribution in [3.63, 3.8) is 0 Å². The molecule has 0 amide bonds. The summed E-state index contributed by atoms with van der Waals surface area (Å²) in [5, 5.41) is 0. The Labute approximate surface area is 107 Å². The highest BCUT2D eigenvalue weighted by Gasteiger charge is 2.39. The minimum absolute atomic E-state index is 0.176. The van der Waals surface area contributed by atoms with Gasteiger partial charge in [0.05, 0.1) is 12.2 Å². The molecule has 0 aromatic carbocycles. The van der Waals surface area contributed by atoms with Gasteiger partial charge in [-0.2, -0.15) is 0 Å². The summed E-state index contributed by atoms with van der Waals surface area (Å²) in [5.41, 5.74) is 0.176. The fourth-order valence-electron chi connectivity index (χ4n) is 2.64. The van der Waals surface area contributed by atoms with Crippen LogP contribution in [0.2, 0.25) is 0 Å². The van der Waals surface area contributed by atoms with Crippen LogP contribution < -0.4 is 0 Å². The quantitative estimate of drug-likeness (QED) is 0.701. The summed E-state index contributed by atoms with van der Waals surface area (Å²) in [7, 11) is 2.20. The molecule has 102 valence electrons. The topological polar surface area (TPSA) is 15.7 Å². The van der Waals surface area contributed by atoms with Gasteiger partial charge in [0.25, 0.3) is 0 Å². The molecule has 1 spiro atoms. The van der Waals surface area contributed by atoms with E-state index in [-0.39, 0.29) is 5.60 Å². The molecular weight excluding hydrogens is 212 g/mol. The van der Waals surface area contributed by atoms with Crippen molar-refractivity contribution in [3.05, 3.63) is 0 Å².